The number of piperidine rings is 1. The van der Waals surface area contributed by atoms with Gasteiger partial charge in [0.15, 0.2) is 0 Å². The van der Waals surface area contributed by atoms with Crippen molar-refractivity contribution in [2.75, 3.05) is 26.2 Å². The van der Waals surface area contributed by atoms with E-state index in [0.29, 0.717) is 6.04 Å². The van der Waals surface area contributed by atoms with Crippen LogP contribution in [-0.4, -0.2) is 36.7 Å². The SMILES string of the molecule is CCNC1CC2(CCN(CC)CC2)Oc2ccccc21. The van der Waals surface area contributed by atoms with Crippen LogP contribution >= 0.6 is 0 Å². The van der Waals surface area contributed by atoms with Crippen molar-refractivity contribution in [2.45, 2.75) is 44.8 Å². The van der Waals surface area contributed by atoms with Crippen LogP contribution in [0.2, 0.25) is 0 Å². The molecule has 0 bridgehead atoms. The van der Waals surface area contributed by atoms with Crippen molar-refractivity contribution in [2.24, 2.45) is 0 Å². The first-order valence-electron chi connectivity index (χ1n) is 8.00. The second-order valence-corrected chi connectivity index (χ2v) is 6.07. The van der Waals surface area contributed by atoms with Gasteiger partial charge in [-0.05, 0) is 32.0 Å². The van der Waals surface area contributed by atoms with Crippen molar-refractivity contribution >= 4 is 0 Å². The maximum absolute atomic E-state index is 6.46. The summed E-state index contributed by atoms with van der Waals surface area (Å²) < 4.78 is 6.46. The molecule has 1 spiro atoms. The summed E-state index contributed by atoms with van der Waals surface area (Å²) in [5, 5.41) is 3.64. The molecule has 3 rings (SSSR count). The Morgan fingerprint density at radius 1 is 1.25 bits per heavy atom. The van der Waals surface area contributed by atoms with Gasteiger partial charge in [0.05, 0.1) is 0 Å². The fourth-order valence-corrected chi connectivity index (χ4v) is 3.63. The zero-order chi connectivity index (χ0) is 14.0. The lowest BCUT2D eigenvalue weighted by atomic mass is 9.80. The molecule has 1 fully saturated rings. The molecule has 1 aromatic carbocycles. The average molecular weight is 274 g/mol. The number of ether oxygens (including phenoxy) is 1. The lowest BCUT2D eigenvalue weighted by Gasteiger charge is -2.47. The van der Waals surface area contributed by atoms with Crippen molar-refractivity contribution in [3.05, 3.63) is 29.8 Å². The van der Waals surface area contributed by atoms with Gasteiger partial charge in [-0.25, -0.2) is 0 Å². The van der Waals surface area contributed by atoms with Crippen LogP contribution in [0.25, 0.3) is 0 Å². The topological polar surface area (TPSA) is 24.5 Å². The maximum Gasteiger partial charge on any atom is 0.124 e. The highest BCUT2D eigenvalue weighted by molar-refractivity contribution is 5.39. The average Bonchev–Trinajstić information content (AvgIpc) is 2.48. The van der Waals surface area contributed by atoms with Crippen LogP contribution in [-0.2, 0) is 0 Å². The molecule has 1 N–H and O–H groups in total. The molecule has 20 heavy (non-hydrogen) atoms. The molecule has 1 saturated heterocycles. The number of likely N-dealkylation sites (tertiary alicyclic amines) is 1. The van der Waals surface area contributed by atoms with Crippen LogP contribution in [0.5, 0.6) is 5.75 Å². The molecule has 2 heterocycles. The van der Waals surface area contributed by atoms with E-state index in [0.717, 1.165) is 51.2 Å². The van der Waals surface area contributed by atoms with Gasteiger partial charge in [-0.15, -0.1) is 0 Å². The van der Waals surface area contributed by atoms with Crippen molar-refractivity contribution in [3.8, 4) is 5.75 Å². The van der Waals surface area contributed by atoms with E-state index < -0.39 is 0 Å². The zero-order valence-electron chi connectivity index (χ0n) is 12.7. The summed E-state index contributed by atoms with van der Waals surface area (Å²) >= 11 is 0. The van der Waals surface area contributed by atoms with Gasteiger partial charge < -0.3 is 15.0 Å². The van der Waals surface area contributed by atoms with Gasteiger partial charge in [-0.2, -0.15) is 0 Å². The molecule has 0 aliphatic carbocycles. The lowest BCUT2D eigenvalue weighted by molar-refractivity contribution is -0.0240. The van der Waals surface area contributed by atoms with Crippen LogP contribution < -0.4 is 10.1 Å². The molecule has 110 valence electrons. The summed E-state index contributed by atoms with van der Waals surface area (Å²) in [4.78, 5) is 2.53. The maximum atomic E-state index is 6.46. The van der Waals surface area contributed by atoms with Crippen LogP contribution in [0.3, 0.4) is 0 Å². The minimum atomic E-state index is 0.0485. The van der Waals surface area contributed by atoms with Gasteiger partial charge in [-0.1, -0.05) is 32.0 Å². The van der Waals surface area contributed by atoms with E-state index in [4.69, 9.17) is 4.74 Å². The zero-order valence-corrected chi connectivity index (χ0v) is 12.7. The molecule has 0 saturated carbocycles. The Bertz CT molecular complexity index is 452. The first kappa shape index (κ1) is 13.9. The Morgan fingerprint density at radius 2 is 2.00 bits per heavy atom. The summed E-state index contributed by atoms with van der Waals surface area (Å²) in [7, 11) is 0. The minimum Gasteiger partial charge on any atom is -0.487 e. The van der Waals surface area contributed by atoms with Crippen LogP contribution in [0, 0.1) is 0 Å². The van der Waals surface area contributed by atoms with E-state index in [1.165, 1.54) is 5.56 Å². The normalized spacial score (nSPS) is 25.2. The summed E-state index contributed by atoms with van der Waals surface area (Å²) in [6.07, 6.45) is 3.41. The number of para-hydroxylation sites is 1. The Labute approximate surface area is 122 Å². The first-order valence-corrected chi connectivity index (χ1v) is 8.00. The van der Waals surface area contributed by atoms with E-state index in [9.17, 15) is 0 Å². The largest absolute Gasteiger partial charge is 0.487 e. The number of hydrogen-bond acceptors (Lipinski definition) is 3. The molecule has 2 aliphatic rings. The van der Waals surface area contributed by atoms with E-state index in [1.54, 1.807) is 0 Å². The number of nitrogens with one attached hydrogen (secondary N) is 1. The highest BCUT2D eigenvalue weighted by atomic mass is 16.5. The third kappa shape index (κ3) is 2.57. The van der Waals surface area contributed by atoms with E-state index >= 15 is 0 Å². The Balaban J connectivity index is 1.83. The smallest absolute Gasteiger partial charge is 0.124 e. The molecule has 1 atom stereocenters. The van der Waals surface area contributed by atoms with Gasteiger partial charge in [0.1, 0.15) is 11.4 Å². The standard InChI is InChI=1S/C17H26N2O/c1-3-18-15-13-17(9-11-19(4-2)12-10-17)20-16-8-6-5-7-14(15)16/h5-8,15,18H,3-4,9-13H2,1-2H3. The van der Waals surface area contributed by atoms with Crippen molar-refractivity contribution in [1.29, 1.82) is 0 Å². The van der Waals surface area contributed by atoms with Gasteiger partial charge in [0, 0.05) is 31.1 Å². The first-order chi connectivity index (χ1) is 9.76. The quantitative estimate of drug-likeness (QED) is 0.917. The Morgan fingerprint density at radius 3 is 2.70 bits per heavy atom. The van der Waals surface area contributed by atoms with Gasteiger partial charge in [0.25, 0.3) is 0 Å². The third-order valence-electron chi connectivity index (χ3n) is 4.86. The molecule has 2 aliphatic heterocycles. The van der Waals surface area contributed by atoms with E-state index in [-0.39, 0.29) is 5.60 Å². The van der Waals surface area contributed by atoms with Crippen molar-refractivity contribution in [1.82, 2.24) is 10.2 Å². The Kier molecular flexibility index (Phi) is 3.99. The second kappa shape index (κ2) is 5.74. The number of benzene rings is 1. The van der Waals surface area contributed by atoms with Crippen LogP contribution in [0.15, 0.2) is 24.3 Å². The lowest BCUT2D eigenvalue weighted by Crippen LogP contribution is -2.51. The molecule has 0 aromatic heterocycles. The van der Waals surface area contributed by atoms with E-state index in [1.807, 2.05) is 0 Å². The third-order valence-corrected chi connectivity index (χ3v) is 4.86. The monoisotopic (exact) mass is 274 g/mol. The molecule has 3 heteroatoms. The molecule has 1 aromatic rings. The molecule has 0 radical (unpaired) electrons. The fraction of sp³-hybridized carbons (Fsp3) is 0.647. The number of hydrogen-bond donors (Lipinski definition) is 1. The van der Waals surface area contributed by atoms with Gasteiger partial charge >= 0.3 is 0 Å². The van der Waals surface area contributed by atoms with Gasteiger partial charge in [0.2, 0.25) is 0 Å². The summed E-state index contributed by atoms with van der Waals surface area (Å²) in [5.41, 5.74) is 1.38. The van der Waals surface area contributed by atoms with Crippen LogP contribution in [0.4, 0.5) is 0 Å². The highest BCUT2D eigenvalue weighted by Gasteiger charge is 2.42. The van der Waals surface area contributed by atoms with Crippen molar-refractivity contribution < 1.29 is 4.74 Å². The molecule has 3 nitrogen and oxygen atoms in total. The Hall–Kier alpha value is -1.06. The highest BCUT2D eigenvalue weighted by Crippen LogP contribution is 2.44. The number of fused-ring (bicyclic) bond motifs is 1. The number of rotatable bonds is 3. The minimum absolute atomic E-state index is 0.0485. The predicted molar refractivity (Wildman–Crippen MR) is 82.2 cm³/mol. The summed E-state index contributed by atoms with van der Waals surface area (Å²) in [6, 6.07) is 8.98. The molecule has 1 unspecified atom stereocenters. The summed E-state index contributed by atoms with van der Waals surface area (Å²) in [6.45, 7) is 8.93. The van der Waals surface area contributed by atoms with E-state index in [2.05, 4.69) is 48.3 Å². The predicted octanol–water partition coefficient (Wildman–Crippen LogP) is 2.97. The molecule has 0 amide bonds. The number of nitrogens with zero attached hydrogens (tertiary/aromatic N) is 1. The second-order valence-electron chi connectivity index (χ2n) is 6.07. The molecular formula is C17H26N2O. The van der Waals surface area contributed by atoms with Crippen molar-refractivity contribution in [3.63, 3.8) is 0 Å². The fourth-order valence-electron chi connectivity index (χ4n) is 3.63. The van der Waals surface area contributed by atoms with Crippen LogP contribution in [0.1, 0.15) is 44.7 Å². The molecular weight excluding hydrogens is 248 g/mol. The van der Waals surface area contributed by atoms with Gasteiger partial charge in [-0.3, -0.25) is 0 Å². The summed E-state index contributed by atoms with van der Waals surface area (Å²) in [5.74, 6) is 1.09.